The van der Waals surface area contributed by atoms with Gasteiger partial charge in [-0.3, -0.25) is 9.59 Å². The maximum atomic E-state index is 12.8. The van der Waals surface area contributed by atoms with Gasteiger partial charge in [0.15, 0.2) is 0 Å². The van der Waals surface area contributed by atoms with Gasteiger partial charge in [0.25, 0.3) is 5.56 Å². The zero-order valence-electron chi connectivity index (χ0n) is 12.5. The monoisotopic (exact) mass is 316 g/mol. The normalized spacial score (nSPS) is 17.3. The molecule has 1 atom stereocenters. The van der Waals surface area contributed by atoms with E-state index in [2.05, 4.69) is 15.5 Å². The maximum Gasteiger partial charge on any atom is 0.266 e. The van der Waals surface area contributed by atoms with Gasteiger partial charge in [-0.15, -0.1) is 0 Å². The number of anilines is 1. The summed E-state index contributed by atoms with van der Waals surface area (Å²) in [5.41, 5.74) is 1.32. The summed E-state index contributed by atoms with van der Waals surface area (Å²) in [4.78, 5) is 25.5. The van der Waals surface area contributed by atoms with Gasteiger partial charge >= 0.3 is 0 Å². The molecule has 1 aromatic carbocycles. The van der Waals surface area contributed by atoms with Crippen LogP contribution in [-0.2, 0) is 11.3 Å². The summed E-state index contributed by atoms with van der Waals surface area (Å²) in [6, 6.07) is 7.53. The molecule has 120 valence electrons. The molecule has 0 bridgehead atoms. The minimum absolute atomic E-state index is 0.0328. The molecule has 1 saturated heterocycles. The van der Waals surface area contributed by atoms with Gasteiger partial charge in [0.05, 0.1) is 17.8 Å². The lowest BCUT2D eigenvalue weighted by molar-refractivity contribution is -0.124. The molecule has 1 unspecified atom stereocenters. The van der Waals surface area contributed by atoms with Crippen LogP contribution in [0.4, 0.5) is 10.1 Å². The standard InChI is InChI=1S/C16H17FN4O2/c17-13-3-1-11(2-4-13)8-18-16(23)12-5-6-21(10-12)14-7-15(22)20-19-9-14/h1-4,7,9,12H,5-6,8,10H2,(H,18,23)(H,20,22). The average Bonchev–Trinajstić information content (AvgIpc) is 3.04. The van der Waals surface area contributed by atoms with Crippen molar-refractivity contribution in [2.45, 2.75) is 13.0 Å². The van der Waals surface area contributed by atoms with Crippen LogP contribution in [0.2, 0.25) is 0 Å². The molecule has 0 saturated carbocycles. The first-order valence-electron chi connectivity index (χ1n) is 7.43. The van der Waals surface area contributed by atoms with Crippen molar-refractivity contribution in [3.05, 3.63) is 58.3 Å². The molecular weight excluding hydrogens is 299 g/mol. The maximum absolute atomic E-state index is 12.8. The van der Waals surface area contributed by atoms with E-state index in [9.17, 15) is 14.0 Å². The van der Waals surface area contributed by atoms with Crippen molar-refractivity contribution in [1.82, 2.24) is 15.5 Å². The fourth-order valence-electron chi connectivity index (χ4n) is 2.68. The van der Waals surface area contributed by atoms with E-state index in [0.29, 0.717) is 19.6 Å². The SMILES string of the molecule is O=C(NCc1ccc(F)cc1)C1CCN(c2cn[nH]c(=O)c2)C1. The first kappa shape index (κ1) is 15.2. The molecule has 1 aliphatic rings. The van der Waals surface area contributed by atoms with E-state index in [0.717, 1.165) is 17.7 Å². The lowest BCUT2D eigenvalue weighted by atomic mass is 10.1. The third-order valence-corrected chi connectivity index (χ3v) is 3.95. The van der Waals surface area contributed by atoms with Crippen LogP contribution in [0.3, 0.4) is 0 Å². The molecule has 1 aromatic heterocycles. The van der Waals surface area contributed by atoms with E-state index >= 15 is 0 Å². The Balaban J connectivity index is 1.55. The van der Waals surface area contributed by atoms with Crippen LogP contribution in [0, 0.1) is 11.7 Å². The van der Waals surface area contributed by atoms with E-state index in [1.807, 2.05) is 4.90 Å². The number of nitrogens with one attached hydrogen (secondary N) is 2. The molecule has 6 nitrogen and oxygen atoms in total. The van der Waals surface area contributed by atoms with Gasteiger partial charge in [-0.2, -0.15) is 5.10 Å². The number of halogens is 1. The van der Waals surface area contributed by atoms with E-state index in [4.69, 9.17) is 0 Å². The summed E-state index contributed by atoms with van der Waals surface area (Å²) in [5.74, 6) is -0.456. The molecule has 23 heavy (non-hydrogen) atoms. The van der Waals surface area contributed by atoms with Gasteiger partial charge < -0.3 is 10.2 Å². The fraction of sp³-hybridized carbons (Fsp3) is 0.312. The molecule has 0 aliphatic carbocycles. The first-order chi connectivity index (χ1) is 11.1. The Hall–Kier alpha value is -2.70. The van der Waals surface area contributed by atoms with Gasteiger partial charge in [0.1, 0.15) is 5.82 Å². The predicted molar refractivity (Wildman–Crippen MR) is 83.4 cm³/mol. The highest BCUT2D eigenvalue weighted by Gasteiger charge is 2.28. The molecule has 1 fully saturated rings. The number of aromatic amines is 1. The molecule has 7 heteroatoms. The topological polar surface area (TPSA) is 78.1 Å². The predicted octanol–water partition coefficient (Wildman–Crippen LogP) is 1.05. The van der Waals surface area contributed by atoms with Crippen LogP contribution in [0.15, 0.2) is 41.3 Å². The Morgan fingerprint density at radius 3 is 2.91 bits per heavy atom. The molecule has 0 radical (unpaired) electrons. The molecule has 2 heterocycles. The van der Waals surface area contributed by atoms with Gasteiger partial charge in [-0.1, -0.05) is 12.1 Å². The van der Waals surface area contributed by atoms with Crippen LogP contribution in [-0.4, -0.2) is 29.2 Å². The number of rotatable bonds is 4. The summed E-state index contributed by atoms with van der Waals surface area (Å²) in [5, 5.41) is 8.98. The number of nitrogens with zero attached hydrogens (tertiary/aromatic N) is 2. The average molecular weight is 316 g/mol. The number of benzene rings is 1. The number of carbonyl (C=O) groups excluding carboxylic acids is 1. The fourth-order valence-corrected chi connectivity index (χ4v) is 2.68. The highest BCUT2D eigenvalue weighted by molar-refractivity contribution is 5.80. The van der Waals surface area contributed by atoms with Crippen LogP contribution in [0.5, 0.6) is 0 Å². The van der Waals surface area contributed by atoms with Crippen molar-refractivity contribution in [3.63, 3.8) is 0 Å². The molecule has 0 spiro atoms. The molecule has 1 amide bonds. The number of amides is 1. The minimum Gasteiger partial charge on any atom is -0.369 e. The highest BCUT2D eigenvalue weighted by Crippen LogP contribution is 2.22. The largest absolute Gasteiger partial charge is 0.369 e. The number of aromatic nitrogens is 2. The summed E-state index contributed by atoms with van der Waals surface area (Å²) in [7, 11) is 0. The Kier molecular flexibility index (Phi) is 4.36. The molecule has 1 aliphatic heterocycles. The van der Waals surface area contributed by atoms with Crippen LogP contribution < -0.4 is 15.8 Å². The summed E-state index contributed by atoms with van der Waals surface area (Å²) < 4.78 is 12.8. The van der Waals surface area contributed by atoms with Crippen molar-refractivity contribution in [3.8, 4) is 0 Å². The third-order valence-electron chi connectivity index (χ3n) is 3.95. The Bertz CT molecular complexity index is 744. The minimum atomic E-state index is -0.294. The Labute approximate surface area is 132 Å². The van der Waals surface area contributed by atoms with Gasteiger partial charge in [0, 0.05) is 25.7 Å². The van der Waals surface area contributed by atoms with Crippen molar-refractivity contribution in [2.24, 2.45) is 5.92 Å². The van der Waals surface area contributed by atoms with E-state index < -0.39 is 0 Å². The number of hydrogen-bond donors (Lipinski definition) is 2. The second kappa shape index (κ2) is 6.60. The van der Waals surface area contributed by atoms with Crippen molar-refractivity contribution in [1.29, 1.82) is 0 Å². The van der Waals surface area contributed by atoms with E-state index in [1.54, 1.807) is 18.3 Å². The first-order valence-corrected chi connectivity index (χ1v) is 7.43. The second-order valence-corrected chi connectivity index (χ2v) is 5.58. The van der Waals surface area contributed by atoms with Crippen LogP contribution >= 0.6 is 0 Å². The number of carbonyl (C=O) groups is 1. The Morgan fingerprint density at radius 2 is 2.17 bits per heavy atom. The highest BCUT2D eigenvalue weighted by atomic mass is 19.1. The van der Waals surface area contributed by atoms with Gasteiger partial charge in [-0.25, -0.2) is 9.49 Å². The van der Waals surface area contributed by atoms with Gasteiger partial charge in [-0.05, 0) is 24.1 Å². The van der Waals surface area contributed by atoms with E-state index in [-0.39, 0.29) is 23.2 Å². The van der Waals surface area contributed by atoms with Gasteiger partial charge in [0.2, 0.25) is 5.91 Å². The zero-order valence-corrected chi connectivity index (χ0v) is 12.5. The quantitative estimate of drug-likeness (QED) is 0.884. The van der Waals surface area contributed by atoms with Crippen molar-refractivity contribution in [2.75, 3.05) is 18.0 Å². The zero-order chi connectivity index (χ0) is 16.2. The van der Waals surface area contributed by atoms with Crippen LogP contribution in [0.25, 0.3) is 0 Å². The summed E-state index contributed by atoms with van der Waals surface area (Å²) in [6.07, 6.45) is 2.31. The lowest BCUT2D eigenvalue weighted by Crippen LogP contribution is -2.32. The van der Waals surface area contributed by atoms with Crippen molar-refractivity contribution < 1.29 is 9.18 Å². The number of hydrogen-bond acceptors (Lipinski definition) is 4. The van der Waals surface area contributed by atoms with E-state index in [1.165, 1.54) is 18.2 Å². The van der Waals surface area contributed by atoms with Crippen LogP contribution in [0.1, 0.15) is 12.0 Å². The molecule has 3 rings (SSSR count). The third kappa shape index (κ3) is 3.74. The molecule has 2 aromatic rings. The Morgan fingerprint density at radius 1 is 1.39 bits per heavy atom. The summed E-state index contributed by atoms with van der Waals surface area (Å²) >= 11 is 0. The lowest BCUT2D eigenvalue weighted by Gasteiger charge is -2.17. The smallest absolute Gasteiger partial charge is 0.266 e. The number of H-pyrrole nitrogens is 1. The molecule has 2 N–H and O–H groups in total. The van der Waals surface area contributed by atoms with Crippen molar-refractivity contribution >= 4 is 11.6 Å². The molecular formula is C16H17FN4O2. The second-order valence-electron chi connectivity index (χ2n) is 5.58. The summed E-state index contributed by atoms with van der Waals surface area (Å²) in [6.45, 7) is 1.64.